The smallest absolute Gasteiger partial charge is 0.298 e. The fraction of sp³-hybridized carbons (Fsp3) is 0.500. The van der Waals surface area contributed by atoms with Crippen LogP contribution in [0.25, 0.3) is 10.4 Å². The molecule has 0 N–H and O–H groups in total. The van der Waals surface area contributed by atoms with Crippen LogP contribution in [0.2, 0.25) is 0 Å². The summed E-state index contributed by atoms with van der Waals surface area (Å²) in [5.41, 5.74) is 1.25. The average Bonchev–Trinajstić information content (AvgIpc) is 3.05. The fourth-order valence-electron chi connectivity index (χ4n) is 3.43. The Bertz CT molecular complexity index is 699. The van der Waals surface area contributed by atoms with Gasteiger partial charge < -0.3 is 0 Å². The van der Waals surface area contributed by atoms with E-state index in [9.17, 15) is 17.6 Å². The van der Waals surface area contributed by atoms with Crippen LogP contribution in [0.3, 0.4) is 0 Å². The second-order valence-corrected chi connectivity index (χ2v) is 8.01. The maximum Gasteiger partial charge on any atom is 0.395 e. The fourth-order valence-corrected chi connectivity index (χ4v) is 4.49. The minimum absolute atomic E-state index is 0.0432. The quantitative estimate of drug-likeness (QED) is 0.538. The lowest BCUT2D eigenvalue weighted by molar-refractivity contribution is -0.151. The highest BCUT2D eigenvalue weighted by Gasteiger charge is 2.39. The first-order chi connectivity index (χ1) is 12.4. The normalized spacial score (nSPS) is 18.2. The number of nitrogens with zero attached hydrogens (tertiary/aromatic N) is 1. The van der Waals surface area contributed by atoms with Gasteiger partial charge in [-0.05, 0) is 42.5 Å². The molecular formula is C20H23F4NS. The molecule has 1 aromatic heterocycles. The minimum atomic E-state index is -4.21. The van der Waals surface area contributed by atoms with Crippen molar-refractivity contribution in [3.05, 3.63) is 46.8 Å². The zero-order chi connectivity index (χ0) is 18.7. The van der Waals surface area contributed by atoms with Gasteiger partial charge in [-0.3, -0.25) is 4.90 Å². The topological polar surface area (TPSA) is 3.24 Å². The van der Waals surface area contributed by atoms with Crippen LogP contribution in [-0.4, -0.2) is 30.3 Å². The molecule has 2 aromatic rings. The third-order valence-corrected chi connectivity index (χ3v) is 6.08. The molecule has 1 nitrogen and oxygen atoms in total. The van der Waals surface area contributed by atoms with Gasteiger partial charge in [-0.2, -0.15) is 13.2 Å². The third kappa shape index (κ3) is 4.65. The molecule has 0 spiro atoms. The summed E-state index contributed by atoms with van der Waals surface area (Å²) in [5, 5.41) is 0. The molecule has 1 fully saturated rings. The summed E-state index contributed by atoms with van der Waals surface area (Å²) in [6.07, 6.45) is -3.65. The summed E-state index contributed by atoms with van der Waals surface area (Å²) in [5.74, 6) is -1.41. The molecule has 1 aliphatic heterocycles. The summed E-state index contributed by atoms with van der Waals surface area (Å²) < 4.78 is 52.4. The Morgan fingerprint density at radius 3 is 2.31 bits per heavy atom. The Labute approximate surface area is 155 Å². The van der Waals surface area contributed by atoms with E-state index < -0.39 is 18.3 Å². The lowest BCUT2D eigenvalue weighted by atomic mass is 9.95. The van der Waals surface area contributed by atoms with E-state index in [1.165, 1.54) is 4.88 Å². The largest absolute Gasteiger partial charge is 0.395 e. The van der Waals surface area contributed by atoms with Crippen molar-refractivity contribution in [2.75, 3.05) is 13.1 Å². The molecule has 1 aliphatic rings. The van der Waals surface area contributed by atoms with Gasteiger partial charge >= 0.3 is 6.18 Å². The van der Waals surface area contributed by atoms with Crippen molar-refractivity contribution in [1.29, 1.82) is 0 Å². The highest BCUT2D eigenvalue weighted by atomic mass is 32.1. The van der Waals surface area contributed by atoms with Crippen LogP contribution in [0.1, 0.15) is 42.5 Å². The van der Waals surface area contributed by atoms with E-state index in [2.05, 4.69) is 11.0 Å². The van der Waals surface area contributed by atoms with Crippen LogP contribution in [0, 0.1) is 0 Å². The number of alkyl halides is 4. The van der Waals surface area contributed by atoms with Gasteiger partial charge in [0, 0.05) is 29.4 Å². The summed E-state index contributed by atoms with van der Waals surface area (Å²) in [6, 6.07) is 10.8. The number of rotatable bonds is 5. The molecule has 1 aromatic carbocycles. The standard InChI is InChI=1S/C20H23F4NS/c1-2-18(20(22,23)24)14-3-5-15(6-4-14)19-8-7-17(26-19)13-25-11-9-16(21)10-12-25/h3-8,16,18H,2,9-13H2,1H3. The summed E-state index contributed by atoms with van der Waals surface area (Å²) in [7, 11) is 0. The van der Waals surface area contributed by atoms with Crippen LogP contribution >= 0.6 is 11.3 Å². The van der Waals surface area contributed by atoms with Gasteiger partial charge in [0.25, 0.3) is 0 Å². The highest BCUT2D eigenvalue weighted by Crippen LogP contribution is 2.38. The van der Waals surface area contributed by atoms with Crippen LogP contribution in [0.5, 0.6) is 0 Å². The molecule has 6 heteroatoms. The third-order valence-electron chi connectivity index (χ3n) is 4.96. The van der Waals surface area contributed by atoms with Gasteiger partial charge in [-0.25, -0.2) is 4.39 Å². The van der Waals surface area contributed by atoms with Crippen LogP contribution in [0.15, 0.2) is 36.4 Å². The lowest BCUT2D eigenvalue weighted by Gasteiger charge is -2.27. The predicted octanol–water partition coefficient (Wildman–Crippen LogP) is 6.40. The average molecular weight is 385 g/mol. The number of likely N-dealkylation sites (tertiary alicyclic amines) is 1. The number of thiophene rings is 1. The van der Waals surface area contributed by atoms with Gasteiger partial charge in [0.2, 0.25) is 0 Å². The van der Waals surface area contributed by atoms with Crippen molar-refractivity contribution >= 4 is 11.3 Å². The van der Waals surface area contributed by atoms with Crippen molar-refractivity contribution in [2.24, 2.45) is 0 Å². The molecule has 3 rings (SSSR count). The van der Waals surface area contributed by atoms with Gasteiger partial charge in [-0.15, -0.1) is 11.3 Å². The van der Waals surface area contributed by atoms with E-state index in [4.69, 9.17) is 0 Å². The van der Waals surface area contributed by atoms with Crippen LogP contribution in [0.4, 0.5) is 17.6 Å². The van der Waals surface area contributed by atoms with E-state index in [0.717, 1.165) is 30.1 Å². The van der Waals surface area contributed by atoms with Crippen molar-refractivity contribution < 1.29 is 17.6 Å². The molecule has 142 valence electrons. The Hall–Kier alpha value is -1.40. The second-order valence-electron chi connectivity index (χ2n) is 6.84. The zero-order valence-electron chi connectivity index (χ0n) is 14.7. The second kappa shape index (κ2) is 8.09. The van der Waals surface area contributed by atoms with Crippen molar-refractivity contribution in [3.8, 4) is 10.4 Å². The molecule has 26 heavy (non-hydrogen) atoms. The molecule has 0 aliphatic carbocycles. The maximum absolute atomic E-state index is 13.2. The van der Waals surface area contributed by atoms with Crippen molar-refractivity contribution in [1.82, 2.24) is 4.90 Å². The van der Waals surface area contributed by atoms with Crippen molar-refractivity contribution in [2.45, 2.75) is 51.0 Å². The van der Waals surface area contributed by atoms with E-state index in [1.807, 2.05) is 6.07 Å². The number of piperidine rings is 1. The number of benzene rings is 1. The van der Waals surface area contributed by atoms with E-state index in [1.54, 1.807) is 42.5 Å². The first-order valence-electron chi connectivity index (χ1n) is 8.99. The maximum atomic E-state index is 13.2. The lowest BCUT2D eigenvalue weighted by Crippen LogP contribution is -2.33. The van der Waals surface area contributed by atoms with Gasteiger partial charge in [-0.1, -0.05) is 31.2 Å². The van der Waals surface area contributed by atoms with Gasteiger partial charge in [0.1, 0.15) is 6.17 Å². The molecule has 1 unspecified atom stereocenters. The van der Waals surface area contributed by atoms with Gasteiger partial charge in [0.15, 0.2) is 0 Å². The Balaban J connectivity index is 1.67. The molecular weight excluding hydrogens is 362 g/mol. The van der Waals surface area contributed by atoms with E-state index in [-0.39, 0.29) is 6.42 Å². The summed E-state index contributed by atoms with van der Waals surface area (Å²) in [4.78, 5) is 4.50. The molecule has 0 bridgehead atoms. The number of hydrogen-bond acceptors (Lipinski definition) is 2. The summed E-state index contributed by atoms with van der Waals surface area (Å²) >= 11 is 1.65. The predicted molar refractivity (Wildman–Crippen MR) is 98.2 cm³/mol. The molecule has 1 saturated heterocycles. The van der Waals surface area contributed by atoms with Crippen LogP contribution in [-0.2, 0) is 6.54 Å². The molecule has 0 amide bonds. The molecule has 0 radical (unpaired) electrons. The van der Waals surface area contributed by atoms with Crippen molar-refractivity contribution in [3.63, 3.8) is 0 Å². The number of halogens is 4. The van der Waals surface area contributed by atoms with E-state index >= 15 is 0 Å². The SMILES string of the molecule is CCC(c1ccc(-c2ccc(CN3CCC(F)CC3)s2)cc1)C(F)(F)F. The molecule has 2 heterocycles. The highest BCUT2D eigenvalue weighted by molar-refractivity contribution is 7.15. The zero-order valence-corrected chi connectivity index (χ0v) is 15.5. The molecule has 1 atom stereocenters. The monoisotopic (exact) mass is 385 g/mol. The Morgan fingerprint density at radius 2 is 1.73 bits per heavy atom. The Morgan fingerprint density at radius 1 is 1.08 bits per heavy atom. The van der Waals surface area contributed by atoms with Gasteiger partial charge in [0.05, 0.1) is 5.92 Å². The first-order valence-corrected chi connectivity index (χ1v) is 9.80. The summed E-state index contributed by atoms with van der Waals surface area (Å²) in [6.45, 7) is 3.92. The minimum Gasteiger partial charge on any atom is -0.298 e. The number of hydrogen-bond donors (Lipinski definition) is 0. The first kappa shape index (κ1) is 19.4. The van der Waals surface area contributed by atoms with E-state index in [0.29, 0.717) is 18.4 Å². The molecule has 0 saturated carbocycles. The van der Waals surface area contributed by atoms with Crippen LogP contribution < -0.4 is 0 Å². The Kier molecular flexibility index (Phi) is 6.03.